The van der Waals surface area contributed by atoms with E-state index in [2.05, 4.69) is 10.0 Å². The molecule has 124 valence electrons. The van der Waals surface area contributed by atoms with Gasteiger partial charge in [-0.2, -0.15) is 0 Å². The van der Waals surface area contributed by atoms with Crippen LogP contribution in [0.3, 0.4) is 0 Å². The average Bonchev–Trinajstić information content (AvgIpc) is 2.49. The highest BCUT2D eigenvalue weighted by Crippen LogP contribution is 2.19. The van der Waals surface area contributed by atoms with E-state index in [0.717, 1.165) is 25.7 Å². The van der Waals surface area contributed by atoms with Gasteiger partial charge in [0.25, 0.3) is 5.91 Å². The van der Waals surface area contributed by atoms with Gasteiger partial charge in [0.05, 0.1) is 4.90 Å². The van der Waals surface area contributed by atoms with Crippen LogP contribution in [-0.4, -0.2) is 33.5 Å². The summed E-state index contributed by atoms with van der Waals surface area (Å²) in [5.74, 6) is -0.242. The number of hydrogen-bond donors (Lipinski definition) is 3. The zero-order valence-corrected chi connectivity index (χ0v) is 14.0. The number of hydrogen-bond acceptors (Lipinski definition) is 4. The molecule has 1 aliphatic carbocycles. The van der Waals surface area contributed by atoms with Crippen LogP contribution in [0.2, 0.25) is 0 Å². The summed E-state index contributed by atoms with van der Waals surface area (Å²) in [6.45, 7) is 0. The number of amides is 1. The normalized spacial score (nSPS) is 21.7. The summed E-state index contributed by atoms with van der Waals surface area (Å²) < 4.78 is 27.3. The Kier molecular flexibility index (Phi) is 6.80. The Morgan fingerprint density at radius 3 is 2.18 bits per heavy atom. The first-order valence-electron chi connectivity index (χ1n) is 7.02. The van der Waals surface area contributed by atoms with E-state index >= 15 is 0 Å². The molecule has 4 N–H and O–H groups in total. The van der Waals surface area contributed by atoms with E-state index in [4.69, 9.17) is 5.73 Å². The Bertz CT molecular complexity index is 596. The lowest BCUT2D eigenvalue weighted by molar-refractivity contribution is 0.0963. The standard InChI is InChI=1S/C14H21N3O3S.ClH/c1-16-14(18)10-2-8-13(9-3-10)21(19,20)17-12-6-4-11(15)5-7-12;/h2-3,8-9,11-12,17H,4-7,15H2,1H3,(H,16,18);1H. The minimum Gasteiger partial charge on any atom is -0.355 e. The minimum absolute atomic E-state index is 0. The van der Waals surface area contributed by atoms with Crippen molar-refractivity contribution in [2.75, 3.05) is 7.05 Å². The van der Waals surface area contributed by atoms with Crippen LogP contribution in [0.15, 0.2) is 29.2 Å². The first-order chi connectivity index (χ1) is 9.92. The van der Waals surface area contributed by atoms with Crippen molar-refractivity contribution in [2.24, 2.45) is 5.73 Å². The van der Waals surface area contributed by atoms with Gasteiger partial charge in [-0.15, -0.1) is 12.4 Å². The third kappa shape index (κ3) is 4.67. The quantitative estimate of drug-likeness (QED) is 0.756. The molecule has 0 atom stereocenters. The van der Waals surface area contributed by atoms with Crippen molar-refractivity contribution in [3.05, 3.63) is 29.8 Å². The smallest absolute Gasteiger partial charge is 0.251 e. The van der Waals surface area contributed by atoms with Gasteiger partial charge in [0.15, 0.2) is 0 Å². The van der Waals surface area contributed by atoms with E-state index in [0.29, 0.717) is 5.56 Å². The van der Waals surface area contributed by atoms with E-state index in [1.165, 1.54) is 31.3 Å². The van der Waals surface area contributed by atoms with E-state index in [1.54, 1.807) is 0 Å². The lowest BCUT2D eigenvalue weighted by Crippen LogP contribution is -2.40. The van der Waals surface area contributed by atoms with Crippen molar-refractivity contribution in [3.63, 3.8) is 0 Å². The molecule has 1 aromatic rings. The number of halogens is 1. The molecule has 0 spiro atoms. The van der Waals surface area contributed by atoms with Crippen molar-refractivity contribution < 1.29 is 13.2 Å². The van der Waals surface area contributed by atoms with Crippen LogP contribution in [0.1, 0.15) is 36.0 Å². The Morgan fingerprint density at radius 1 is 1.14 bits per heavy atom. The maximum atomic E-state index is 12.3. The van der Waals surface area contributed by atoms with Gasteiger partial charge in [0.2, 0.25) is 10.0 Å². The molecule has 0 unspecified atom stereocenters. The molecule has 0 aromatic heterocycles. The number of benzene rings is 1. The molecule has 1 amide bonds. The molecular weight excluding hydrogens is 326 g/mol. The molecular formula is C14H22ClN3O3S. The number of sulfonamides is 1. The highest BCUT2D eigenvalue weighted by Gasteiger charge is 2.24. The van der Waals surface area contributed by atoms with Crippen molar-refractivity contribution in [1.29, 1.82) is 0 Å². The SMILES string of the molecule is CNC(=O)c1ccc(S(=O)(=O)NC2CCC(N)CC2)cc1.Cl. The average molecular weight is 348 g/mol. The topological polar surface area (TPSA) is 101 Å². The molecule has 6 nitrogen and oxygen atoms in total. The molecule has 8 heteroatoms. The summed E-state index contributed by atoms with van der Waals surface area (Å²) in [5, 5.41) is 2.49. The van der Waals surface area contributed by atoms with E-state index in [-0.39, 0.29) is 35.3 Å². The zero-order valence-electron chi connectivity index (χ0n) is 12.4. The minimum atomic E-state index is -3.55. The predicted octanol–water partition coefficient (Wildman–Crippen LogP) is 1.02. The van der Waals surface area contributed by atoms with Gasteiger partial charge in [-0.25, -0.2) is 13.1 Å². The fourth-order valence-corrected chi connectivity index (χ4v) is 3.76. The molecule has 2 rings (SSSR count). The second-order valence-corrected chi connectivity index (χ2v) is 7.05. The lowest BCUT2D eigenvalue weighted by Gasteiger charge is -2.26. The molecule has 0 bridgehead atoms. The Labute approximate surface area is 137 Å². The third-order valence-electron chi connectivity index (χ3n) is 3.75. The zero-order chi connectivity index (χ0) is 15.5. The van der Waals surface area contributed by atoms with Gasteiger partial charge in [0, 0.05) is 24.7 Å². The van der Waals surface area contributed by atoms with Crippen molar-refractivity contribution in [2.45, 2.75) is 42.7 Å². The summed E-state index contributed by atoms with van der Waals surface area (Å²) in [5.41, 5.74) is 6.25. The molecule has 1 aromatic carbocycles. The largest absolute Gasteiger partial charge is 0.355 e. The first kappa shape index (κ1) is 18.9. The fourth-order valence-electron chi connectivity index (χ4n) is 2.45. The van der Waals surface area contributed by atoms with Crippen LogP contribution in [0.25, 0.3) is 0 Å². The van der Waals surface area contributed by atoms with Crippen LogP contribution >= 0.6 is 12.4 Å². The van der Waals surface area contributed by atoms with Gasteiger partial charge in [-0.05, 0) is 49.9 Å². The molecule has 1 aliphatic rings. The Hall–Kier alpha value is -1.15. The second kappa shape index (κ2) is 7.92. The Morgan fingerprint density at radius 2 is 1.68 bits per heavy atom. The van der Waals surface area contributed by atoms with Crippen LogP contribution in [-0.2, 0) is 10.0 Å². The van der Waals surface area contributed by atoms with Gasteiger partial charge in [-0.3, -0.25) is 4.79 Å². The van der Waals surface area contributed by atoms with Gasteiger partial charge in [0.1, 0.15) is 0 Å². The summed E-state index contributed by atoms with van der Waals surface area (Å²) in [4.78, 5) is 11.6. The Balaban J connectivity index is 0.00000242. The van der Waals surface area contributed by atoms with Gasteiger partial charge in [-0.1, -0.05) is 0 Å². The second-order valence-electron chi connectivity index (χ2n) is 5.34. The van der Waals surface area contributed by atoms with Gasteiger partial charge < -0.3 is 11.1 Å². The lowest BCUT2D eigenvalue weighted by atomic mass is 9.93. The summed E-state index contributed by atoms with van der Waals surface area (Å²) >= 11 is 0. The summed E-state index contributed by atoms with van der Waals surface area (Å²) in [6.07, 6.45) is 3.19. The number of carbonyl (C=O) groups is 1. The summed E-state index contributed by atoms with van der Waals surface area (Å²) in [6, 6.07) is 6.02. The maximum absolute atomic E-state index is 12.3. The highest BCUT2D eigenvalue weighted by molar-refractivity contribution is 7.89. The molecule has 0 saturated heterocycles. The monoisotopic (exact) mass is 347 g/mol. The number of rotatable bonds is 4. The van der Waals surface area contributed by atoms with Crippen molar-refractivity contribution in [3.8, 4) is 0 Å². The highest BCUT2D eigenvalue weighted by atomic mass is 35.5. The molecule has 0 aliphatic heterocycles. The number of nitrogens with one attached hydrogen (secondary N) is 2. The van der Waals surface area contributed by atoms with Crippen LogP contribution in [0.5, 0.6) is 0 Å². The first-order valence-corrected chi connectivity index (χ1v) is 8.51. The number of carbonyl (C=O) groups excluding carboxylic acids is 1. The van der Waals surface area contributed by atoms with Crippen molar-refractivity contribution >= 4 is 28.3 Å². The van der Waals surface area contributed by atoms with E-state index in [1.807, 2.05) is 0 Å². The van der Waals surface area contributed by atoms with Gasteiger partial charge >= 0.3 is 0 Å². The summed E-state index contributed by atoms with van der Waals surface area (Å²) in [7, 11) is -2.02. The third-order valence-corrected chi connectivity index (χ3v) is 5.28. The van der Waals surface area contributed by atoms with E-state index < -0.39 is 10.0 Å². The molecule has 0 radical (unpaired) electrons. The van der Waals surface area contributed by atoms with Crippen LogP contribution in [0.4, 0.5) is 0 Å². The maximum Gasteiger partial charge on any atom is 0.251 e. The molecule has 1 saturated carbocycles. The molecule has 1 fully saturated rings. The van der Waals surface area contributed by atoms with Crippen LogP contribution in [0, 0.1) is 0 Å². The fraction of sp³-hybridized carbons (Fsp3) is 0.500. The van der Waals surface area contributed by atoms with E-state index in [9.17, 15) is 13.2 Å². The van der Waals surface area contributed by atoms with Crippen molar-refractivity contribution in [1.82, 2.24) is 10.0 Å². The van der Waals surface area contributed by atoms with Crippen LogP contribution < -0.4 is 15.8 Å². The molecule has 0 heterocycles. The predicted molar refractivity (Wildman–Crippen MR) is 87.6 cm³/mol. The number of nitrogens with two attached hydrogens (primary N) is 1. The molecule has 22 heavy (non-hydrogen) atoms.